The molecular formula is C15H17ClO2. The monoisotopic (exact) mass is 264 g/mol. The molecule has 2 nitrogen and oxygen atoms in total. The highest BCUT2D eigenvalue weighted by Gasteiger charge is 2.46. The van der Waals surface area contributed by atoms with Crippen molar-refractivity contribution in [2.24, 2.45) is 0 Å². The van der Waals surface area contributed by atoms with E-state index in [0.29, 0.717) is 11.6 Å². The fraction of sp³-hybridized carbons (Fsp3) is 0.400. The van der Waals surface area contributed by atoms with Crippen LogP contribution in [-0.2, 0) is 14.9 Å². The van der Waals surface area contributed by atoms with Gasteiger partial charge >= 0.3 is 5.97 Å². The van der Waals surface area contributed by atoms with Gasteiger partial charge < -0.3 is 4.74 Å². The summed E-state index contributed by atoms with van der Waals surface area (Å²) >= 11 is 5.88. The number of hydrogen-bond donors (Lipinski definition) is 0. The van der Waals surface area contributed by atoms with Gasteiger partial charge in [-0.2, -0.15) is 0 Å². The maximum absolute atomic E-state index is 12.2. The largest absolute Gasteiger partial charge is 0.461 e. The average Bonchev–Trinajstić information content (AvgIpc) is 2.30. The molecule has 0 heterocycles. The summed E-state index contributed by atoms with van der Waals surface area (Å²) in [5, 5.41) is 0.690. The van der Waals surface area contributed by atoms with Crippen LogP contribution in [-0.4, -0.2) is 12.6 Å². The van der Waals surface area contributed by atoms with E-state index in [1.54, 1.807) is 0 Å². The van der Waals surface area contributed by atoms with Crippen molar-refractivity contribution >= 4 is 17.6 Å². The van der Waals surface area contributed by atoms with Crippen LogP contribution in [0.25, 0.3) is 0 Å². The molecule has 1 saturated carbocycles. The van der Waals surface area contributed by atoms with Crippen molar-refractivity contribution in [3.8, 4) is 0 Å². The van der Waals surface area contributed by atoms with E-state index in [0.717, 1.165) is 24.8 Å². The molecule has 0 bridgehead atoms. The third-order valence-electron chi connectivity index (χ3n) is 3.54. The van der Waals surface area contributed by atoms with Gasteiger partial charge in [0.2, 0.25) is 0 Å². The number of allylic oxidation sites excluding steroid dienone is 1. The number of hydrogen-bond acceptors (Lipinski definition) is 2. The summed E-state index contributed by atoms with van der Waals surface area (Å²) < 4.78 is 5.32. The highest BCUT2D eigenvalue weighted by molar-refractivity contribution is 6.30. The van der Waals surface area contributed by atoms with Crippen LogP contribution in [0.4, 0.5) is 0 Å². The van der Waals surface area contributed by atoms with Crippen molar-refractivity contribution < 1.29 is 9.53 Å². The Morgan fingerprint density at radius 3 is 2.56 bits per heavy atom. The Hall–Kier alpha value is -1.28. The normalized spacial score (nSPS) is 17.4. The third kappa shape index (κ3) is 2.44. The average molecular weight is 265 g/mol. The summed E-state index contributed by atoms with van der Waals surface area (Å²) in [7, 11) is 0. The molecule has 0 atom stereocenters. The van der Waals surface area contributed by atoms with Gasteiger partial charge in [0.15, 0.2) is 0 Å². The minimum absolute atomic E-state index is 0.117. The van der Waals surface area contributed by atoms with Crippen molar-refractivity contribution in [3.05, 3.63) is 47.0 Å². The van der Waals surface area contributed by atoms with Crippen LogP contribution in [0.2, 0.25) is 5.02 Å². The molecule has 2 rings (SSSR count). The molecular weight excluding hydrogens is 248 g/mol. The summed E-state index contributed by atoms with van der Waals surface area (Å²) in [6, 6.07) is 7.52. The molecule has 0 amide bonds. The van der Waals surface area contributed by atoms with E-state index < -0.39 is 5.41 Å². The van der Waals surface area contributed by atoms with E-state index >= 15 is 0 Å². The maximum Gasteiger partial charge on any atom is 0.316 e. The first-order chi connectivity index (χ1) is 8.69. The molecule has 0 aromatic heterocycles. The third-order valence-corrected chi connectivity index (χ3v) is 3.79. The van der Waals surface area contributed by atoms with Crippen LogP contribution in [0.3, 0.4) is 0 Å². The zero-order chi connectivity index (χ0) is 13.0. The number of halogens is 1. The number of carbonyl (C=O) groups excluding carboxylic acids is 1. The van der Waals surface area contributed by atoms with E-state index in [9.17, 15) is 4.79 Å². The van der Waals surface area contributed by atoms with Gasteiger partial charge in [-0.05, 0) is 37.5 Å². The smallest absolute Gasteiger partial charge is 0.316 e. The molecule has 1 aromatic carbocycles. The minimum atomic E-state index is -0.438. The fourth-order valence-corrected chi connectivity index (χ4v) is 2.39. The zero-order valence-electron chi connectivity index (χ0n) is 10.5. The number of rotatable bonds is 4. The molecule has 0 spiro atoms. The molecule has 1 aliphatic rings. The number of benzene rings is 1. The van der Waals surface area contributed by atoms with Gasteiger partial charge in [0.05, 0.1) is 5.41 Å². The molecule has 0 saturated heterocycles. The topological polar surface area (TPSA) is 26.3 Å². The van der Waals surface area contributed by atoms with E-state index in [-0.39, 0.29) is 5.97 Å². The summed E-state index contributed by atoms with van der Waals surface area (Å²) in [6.45, 7) is 2.26. The Balaban J connectivity index is 2.15. The molecule has 1 fully saturated rings. The lowest BCUT2D eigenvalue weighted by Gasteiger charge is -2.39. The number of carbonyl (C=O) groups is 1. The van der Waals surface area contributed by atoms with Crippen LogP contribution in [0.15, 0.2) is 36.4 Å². The standard InChI is InChI=1S/C15H17ClO2/c1-2-3-11-18-14(17)15(9-4-10-15)12-5-7-13(16)8-6-12/h2-3,5-8H,4,9-11H2,1H3/b3-2+. The van der Waals surface area contributed by atoms with Gasteiger partial charge in [0.1, 0.15) is 6.61 Å². The van der Waals surface area contributed by atoms with Crippen LogP contribution in [0, 0.1) is 0 Å². The van der Waals surface area contributed by atoms with E-state index in [1.807, 2.05) is 43.3 Å². The van der Waals surface area contributed by atoms with Crippen molar-refractivity contribution in [3.63, 3.8) is 0 Å². The predicted molar refractivity (Wildman–Crippen MR) is 72.8 cm³/mol. The molecule has 0 N–H and O–H groups in total. The fourth-order valence-electron chi connectivity index (χ4n) is 2.27. The van der Waals surface area contributed by atoms with Crippen LogP contribution >= 0.6 is 11.6 Å². The van der Waals surface area contributed by atoms with Gasteiger partial charge in [-0.1, -0.05) is 42.3 Å². The van der Waals surface area contributed by atoms with E-state index in [4.69, 9.17) is 16.3 Å². The van der Waals surface area contributed by atoms with Gasteiger partial charge in [-0.15, -0.1) is 0 Å². The van der Waals surface area contributed by atoms with E-state index in [1.165, 1.54) is 0 Å². The Bertz CT molecular complexity index is 444. The molecule has 0 unspecified atom stereocenters. The number of esters is 1. The summed E-state index contributed by atoms with van der Waals surface area (Å²) in [6.07, 6.45) is 6.52. The summed E-state index contributed by atoms with van der Waals surface area (Å²) in [5.41, 5.74) is 0.579. The quantitative estimate of drug-likeness (QED) is 0.609. The van der Waals surface area contributed by atoms with Gasteiger partial charge in [-0.3, -0.25) is 4.79 Å². The van der Waals surface area contributed by atoms with Gasteiger partial charge in [0, 0.05) is 5.02 Å². The first-order valence-electron chi connectivity index (χ1n) is 6.23. The second-order valence-corrected chi connectivity index (χ2v) is 5.05. The van der Waals surface area contributed by atoms with Crippen LogP contribution < -0.4 is 0 Å². The highest BCUT2D eigenvalue weighted by atomic mass is 35.5. The molecule has 0 radical (unpaired) electrons. The number of ether oxygens (including phenoxy) is 1. The lowest BCUT2D eigenvalue weighted by atomic mass is 9.64. The molecule has 3 heteroatoms. The maximum atomic E-state index is 12.2. The molecule has 1 aliphatic carbocycles. The van der Waals surface area contributed by atoms with Crippen molar-refractivity contribution in [1.29, 1.82) is 0 Å². The molecule has 1 aromatic rings. The van der Waals surface area contributed by atoms with Gasteiger partial charge in [0.25, 0.3) is 0 Å². The Morgan fingerprint density at radius 1 is 1.39 bits per heavy atom. The van der Waals surface area contributed by atoms with Crippen LogP contribution in [0.5, 0.6) is 0 Å². The van der Waals surface area contributed by atoms with E-state index in [2.05, 4.69) is 0 Å². The Labute approximate surface area is 113 Å². The SMILES string of the molecule is C/C=C/COC(=O)C1(c2ccc(Cl)cc2)CCC1. The second-order valence-electron chi connectivity index (χ2n) is 4.61. The lowest BCUT2D eigenvalue weighted by molar-refractivity contribution is -0.153. The molecule has 18 heavy (non-hydrogen) atoms. The Morgan fingerprint density at radius 2 is 2.06 bits per heavy atom. The van der Waals surface area contributed by atoms with Gasteiger partial charge in [-0.25, -0.2) is 0 Å². The molecule has 0 aliphatic heterocycles. The zero-order valence-corrected chi connectivity index (χ0v) is 11.2. The van der Waals surface area contributed by atoms with Crippen molar-refractivity contribution in [1.82, 2.24) is 0 Å². The first kappa shape index (κ1) is 13.2. The van der Waals surface area contributed by atoms with Crippen molar-refractivity contribution in [2.45, 2.75) is 31.6 Å². The predicted octanol–water partition coefficient (Wildman–Crippen LogP) is 3.88. The highest BCUT2D eigenvalue weighted by Crippen LogP contribution is 2.45. The Kier molecular flexibility index (Phi) is 4.07. The summed E-state index contributed by atoms with van der Waals surface area (Å²) in [5.74, 6) is -0.117. The van der Waals surface area contributed by atoms with Crippen LogP contribution in [0.1, 0.15) is 31.7 Å². The molecule has 96 valence electrons. The minimum Gasteiger partial charge on any atom is -0.461 e. The second kappa shape index (κ2) is 5.57. The first-order valence-corrected chi connectivity index (χ1v) is 6.61. The summed E-state index contributed by atoms with van der Waals surface area (Å²) in [4.78, 5) is 12.2. The lowest BCUT2D eigenvalue weighted by Crippen LogP contribution is -2.43. The van der Waals surface area contributed by atoms with Crippen molar-refractivity contribution in [2.75, 3.05) is 6.61 Å².